The van der Waals surface area contributed by atoms with E-state index in [0.717, 1.165) is 18.6 Å². The van der Waals surface area contributed by atoms with Crippen molar-refractivity contribution in [1.29, 1.82) is 0 Å². The van der Waals surface area contributed by atoms with Crippen molar-refractivity contribution < 1.29 is 4.79 Å². The molecular formula is C15H28O. The Morgan fingerprint density at radius 1 is 1.00 bits per heavy atom. The van der Waals surface area contributed by atoms with Crippen LogP contribution in [0.3, 0.4) is 0 Å². The average molecular weight is 224 g/mol. The SMILES string of the molecule is CCCC(CC)CCCCCCC=CC=O. The smallest absolute Gasteiger partial charge is 0.142 e. The minimum absolute atomic E-state index is 0.858. The lowest BCUT2D eigenvalue weighted by Gasteiger charge is -2.12. The molecule has 1 heteroatoms. The second-order valence-corrected chi connectivity index (χ2v) is 4.62. The maximum absolute atomic E-state index is 10.0. The van der Waals surface area contributed by atoms with Crippen molar-refractivity contribution in [3.63, 3.8) is 0 Å². The van der Waals surface area contributed by atoms with Gasteiger partial charge in [0.1, 0.15) is 6.29 Å². The lowest BCUT2D eigenvalue weighted by atomic mass is 9.94. The summed E-state index contributed by atoms with van der Waals surface area (Å²) in [6.07, 6.45) is 16.3. The molecule has 0 saturated heterocycles. The largest absolute Gasteiger partial charge is 0.299 e. The number of aldehydes is 1. The Bertz CT molecular complexity index is 172. The summed E-state index contributed by atoms with van der Waals surface area (Å²) in [5.41, 5.74) is 0. The van der Waals surface area contributed by atoms with Gasteiger partial charge < -0.3 is 0 Å². The number of allylic oxidation sites excluding steroid dienone is 2. The Morgan fingerprint density at radius 3 is 2.38 bits per heavy atom. The number of hydrogen-bond donors (Lipinski definition) is 0. The van der Waals surface area contributed by atoms with E-state index in [-0.39, 0.29) is 0 Å². The van der Waals surface area contributed by atoms with Crippen LogP contribution in [-0.2, 0) is 4.79 Å². The molecule has 0 aliphatic carbocycles. The molecule has 0 radical (unpaired) electrons. The van der Waals surface area contributed by atoms with Gasteiger partial charge in [0, 0.05) is 0 Å². The molecule has 0 N–H and O–H groups in total. The standard InChI is InChI=1S/C15H28O/c1-3-12-15(4-2)13-10-8-6-5-7-9-11-14-16/h9,11,14-15H,3-8,10,12-13H2,1-2H3. The Balaban J connectivity index is 3.24. The highest BCUT2D eigenvalue weighted by Gasteiger charge is 2.03. The Hall–Kier alpha value is -0.590. The van der Waals surface area contributed by atoms with Gasteiger partial charge in [-0.15, -0.1) is 0 Å². The first-order valence-electron chi connectivity index (χ1n) is 6.95. The summed E-state index contributed by atoms with van der Waals surface area (Å²) in [7, 11) is 0. The fourth-order valence-electron chi connectivity index (χ4n) is 2.16. The first-order chi connectivity index (χ1) is 7.85. The lowest BCUT2D eigenvalue weighted by Crippen LogP contribution is -1.97. The van der Waals surface area contributed by atoms with E-state index in [9.17, 15) is 4.79 Å². The quantitative estimate of drug-likeness (QED) is 0.277. The molecule has 0 fully saturated rings. The molecule has 0 amide bonds. The van der Waals surface area contributed by atoms with Crippen molar-refractivity contribution in [2.75, 3.05) is 0 Å². The van der Waals surface area contributed by atoms with E-state index in [1.165, 1.54) is 51.4 Å². The Kier molecular flexibility index (Phi) is 12.0. The van der Waals surface area contributed by atoms with Crippen molar-refractivity contribution in [2.45, 2.75) is 71.6 Å². The van der Waals surface area contributed by atoms with Crippen LogP contribution in [-0.4, -0.2) is 6.29 Å². The number of unbranched alkanes of at least 4 members (excludes halogenated alkanes) is 4. The summed E-state index contributed by atoms with van der Waals surface area (Å²) < 4.78 is 0. The summed E-state index contributed by atoms with van der Waals surface area (Å²) in [6, 6.07) is 0. The zero-order valence-electron chi connectivity index (χ0n) is 11.1. The molecule has 0 bridgehead atoms. The fourth-order valence-corrected chi connectivity index (χ4v) is 2.16. The highest BCUT2D eigenvalue weighted by atomic mass is 16.1. The van der Waals surface area contributed by atoms with Gasteiger partial charge in [-0.05, 0) is 24.8 Å². The molecule has 0 aliphatic rings. The topological polar surface area (TPSA) is 17.1 Å². The third-order valence-corrected chi connectivity index (χ3v) is 3.22. The molecular weight excluding hydrogens is 196 g/mol. The van der Waals surface area contributed by atoms with Gasteiger partial charge in [-0.25, -0.2) is 0 Å². The molecule has 1 nitrogen and oxygen atoms in total. The fraction of sp³-hybridized carbons (Fsp3) is 0.800. The molecule has 0 rings (SSSR count). The second kappa shape index (κ2) is 12.5. The average Bonchev–Trinajstić information content (AvgIpc) is 2.31. The van der Waals surface area contributed by atoms with E-state index in [2.05, 4.69) is 13.8 Å². The Morgan fingerprint density at radius 2 is 1.75 bits per heavy atom. The molecule has 0 spiro atoms. The van der Waals surface area contributed by atoms with Gasteiger partial charge in [-0.3, -0.25) is 4.79 Å². The summed E-state index contributed by atoms with van der Waals surface area (Å²) in [4.78, 5) is 10.0. The van der Waals surface area contributed by atoms with E-state index in [0.29, 0.717) is 0 Å². The van der Waals surface area contributed by atoms with E-state index in [1.807, 2.05) is 6.08 Å². The molecule has 0 aromatic rings. The van der Waals surface area contributed by atoms with E-state index >= 15 is 0 Å². The predicted molar refractivity (Wildman–Crippen MR) is 71.6 cm³/mol. The lowest BCUT2D eigenvalue weighted by molar-refractivity contribution is -0.104. The third-order valence-electron chi connectivity index (χ3n) is 3.22. The van der Waals surface area contributed by atoms with Gasteiger partial charge >= 0.3 is 0 Å². The normalized spacial score (nSPS) is 13.1. The minimum atomic E-state index is 0.858. The molecule has 0 aromatic heterocycles. The number of carbonyl (C=O) groups excluding carboxylic acids is 1. The molecule has 16 heavy (non-hydrogen) atoms. The molecule has 94 valence electrons. The van der Waals surface area contributed by atoms with Crippen LogP contribution in [0.2, 0.25) is 0 Å². The van der Waals surface area contributed by atoms with Crippen LogP contribution in [0.5, 0.6) is 0 Å². The van der Waals surface area contributed by atoms with Gasteiger partial charge in [0.15, 0.2) is 0 Å². The predicted octanol–water partition coefficient (Wildman–Crippen LogP) is 4.91. The van der Waals surface area contributed by atoms with E-state index < -0.39 is 0 Å². The number of rotatable bonds is 11. The Labute approximate surface area is 101 Å². The maximum atomic E-state index is 10.0. The monoisotopic (exact) mass is 224 g/mol. The van der Waals surface area contributed by atoms with Crippen LogP contribution in [0.25, 0.3) is 0 Å². The van der Waals surface area contributed by atoms with Gasteiger partial charge in [0.2, 0.25) is 0 Å². The van der Waals surface area contributed by atoms with Crippen molar-refractivity contribution in [3.8, 4) is 0 Å². The molecule has 0 saturated carbocycles. The zero-order chi connectivity index (χ0) is 12.1. The van der Waals surface area contributed by atoms with Gasteiger partial charge in [-0.1, -0.05) is 64.9 Å². The van der Waals surface area contributed by atoms with Crippen molar-refractivity contribution in [1.82, 2.24) is 0 Å². The summed E-state index contributed by atoms with van der Waals surface area (Å²) >= 11 is 0. The van der Waals surface area contributed by atoms with Crippen molar-refractivity contribution in [2.24, 2.45) is 5.92 Å². The zero-order valence-corrected chi connectivity index (χ0v) is 11.1. The van der Waals surface area contributed by atoms with E-state index in [4.69, 9.17) is 0 Å². The van der Waals surface area contributed by atoms with E-state index in [1.54, 1.807) is 6.08 Å². The maximum Gasteiger partial charge on any atom is 0.142 e. The highest BCUT2D eigenvalue weighted by molar-refractivity contribution is 5.64. The molecule has 0 heterocycles. The molecule has 1 unspecified atom stereocenters. The summed E-state index contributed by atoms with van der Waals surface area (Å²) in [5.74, 6) is 0.958. The van der Waals surface area contributed by atoms with Crippen molar-refractivity contribution >= 4 is 6.29 Å². The van der Waals surface area contributed by atoms with Crippen LogP contribution in [0.1, 0.15) is 71.6 Å². The third kappa shape index (κ3) is 9.95. The van der Waals surface area contributed by atoms with Gasteiger partial charge in [-0.2, -0.15) is 0 Å². The second-order valence-electron chi connectivity index (χ2n) is 4.62. The van der Waals surface area contributed by atoms with Crippen LogP contribution in [0.15, 0.2) is 12.2 Å². The molecule has 0 aromatic carbocycles. The van der Waals surface area contributed by atoms with Gasteiger partial charge in [0.05, 0.1) is 0 Å². The van der Waals surface area contributed by atoms with Crippen LogP contribution in [0, 0.1) is 5.92 Å². The van der Waals surface area contributed by atoms with Crippen LogP contribution in [0.4, 0.5) is 0 Å². The first-order valence-corrected chi connectivity index (χ1v) is 6.95. The van der Waals surface area contributed by atoms with Gasteiger partial charge in [0.25, 0.3) is 0 Å². The number of hydrogen-bond acceptors (Lipinski definition) is 1. The van der Waals surface area contributed by atoms with Crippen LogP contribution >= 0.6 is 0 Å². The van der Waals surface area contributed by atoms with Crippen LogP contribution < -0.4 is 0 Å². The number of carbonyl (C=O) groups is 1. The highest BCUT2D eigenvalue weighted by Crippen LogP contribution is 2.19. The molecule has 0 aliphatic heterocycles. The summed E-state index contributed by atoms with van der Waals surface area (Å²) in [6.45, 7) is 4.59. The minimum Gasteiger partial charge on any atom is -0.299 e. The van der Waals surface area contributed by atoms with Crippen molar-refractivity contribution in [3.05, 3.63) is 12.2 Å². The summed E-state index contributed by atoms with van der Waals surface area (Å²) in [5, 5.41) is 0. The first kappa shape index (κ1) is 15.4. The molecule has 1 atom stereocenters.